The summed E-state index contributed by atoms with van der Waals surface area (Å²) in [6, 6.07) is 0. The second kappa shape index (κ2) is 14.3. The first-order chi connectivity index (χ1) is 25.0. The summed E-state index contributed by atoms with van der Waals surface area (Å²) in [5.74, 6) is -0.890. The van der Waals surface area contributed by atoms with Crippen LogP contribution in [-0.4, -0.2) is 126 Å². The lowest BCUT2D eigenvalue weighted by molar-refractivity contribution is -0.343. The summed E-state index contributed by atoms with van der Waals surface area (Å²) >= 11 is 0. The van der Waals surface area contributed by atoms with Crippen LogP contribution in [0.1, 0.15) is 106 Å². The first-order valence-corrected chi connectivity index (χ1v) is 20.2. The van der Waals surface area contributed by atoms with Crippen molar-refractivity contribution >= 4 is 11.8 Å². The number of aliphatic hydroxyl groups excluding tert-OH is 3. The van der Waals surface area contributed by atoms with Crippen molar-refractivity contribution in [1.29, 1.82) is 0 Å². The molecule has 3 aliphatic heterocycles. The van der Waals surface area contributed by atoms with Crippen LogP contribution in [0, 0.1) is 34.5 Å². The minimum Gasteiger partial charge on any atom is -0.459 e. The van der Waals surface area contributed by atoms with E-state index < -0.39 is 84.1 Å². The summed E-state index contributed by atoms with van der Waals surface area (Å²) in [5, 5.41) is 33.7. The van der Waals surface area contributed by atoms with Crippen LogP contribution in [-0.2, 0) is 47.5 Å². The van der Waals surface area contributed by atoms with Gasteiger partial charge in [0.25, 0.3) is 0 Å². The quantitative estimate of drug-likeness (QED) is 0.169. The number of rotatable bonds is 10. The smallest absolute Gasteiger partial charge is 0.309 e. The number of aliphatic hydroxyl groups is 3. The van der Waals surface area contributed by atoms with E-state index in [9.17, 15) is 24.9 Å². The molecule has 4 aliphatic carbocycles. The summed E-state index contributed by atoms with van der Waals surface area (Å²) in [4.78, 5) is 26.5. The van der Waals surface area contributed by atoms with Gasteiger partial charge in [-0.1, -0.05) is 27.7 Å². The molecule has 7 aliphatic rings. The van der Waals surface area contributed by atoms with Crippen LogP contribution in [0.4, 0.5) is 0 Å². The number of hydrogen-bond acceptors (Lipinski definition) is 13. The second-order valence-electron chi connectivity index (χ2n) is 18.0. The monoisotopic (exact) mass is 752 g/mol. The van der Waals surface area contributed by atoms with Crippen LogP contribution in [0.5, 0.6) is 0 Å². The molecule has 302 valence electrons. The van der Waals surface area contributed by atoms with Crippen molar-refractivity contribution in [3.8, 4) is 0 Å². The highest BCUT2D eigenvalue weighted by Crippen LogP contribution is 2.81. The molecule has 0 radical (unpaired) electrons. The zero-order valence-corrected chi connectivity index (χ0v) is 33.0. The number of methoxy groups -OCH3 is 2. The largest absolute Gasteiger partial charge is 0.459 e. The Morgan fingerprint density at radius 3 is 2.26 bits per heavy atom. The minimum absolute atomic E-state index is 0.0546. The van der Waals surface area contributed by atoms with Crippen LogP contribution in [0.3, 0.4) is 0 Å². The Labute approximate surface area is 314 Å². The van der Waals surface area contributed by atoms with Gasteiger partial charge in [0.05, 0.1) is 30.3 Å². The van der Waals surface area contributed by atoms with E-state index in [4.69, 9.17) is 37.9 Å². The number of carbonyl (C=O) groups is 2. The molecule has 13 heteroatoms. The van der Waals surface area contributed by atoms with E-state index in [1.807, 2.05) is 27.7 Å². The average Bonchev–Trinajstić information content (AvgIpc) is 3.67. The Bertz CT molecular complexity index is 1380. The molecule has 0 amide bonds. The molecule has 13 nitrogen and oxygen atoms in total. The number of esters is 1. The lowest BCUT2D eigenvalue weighted by atomic mass is 9.43. The Morgan fingerprint density at radius 1 is 0.868 bits per heavy atom. The third kappa shape index (κ3) is 5.92. The highest BCUT2D eigenvalue weighted by Gasteiger charge is 2.90. The topological polar surface area (TPSA) is 172 Å². The van der Waals surface area contributed by atoms with Crippen molar-refractivity contribution in [3.05, 3.63) is 0 Å². The Hall–Kier alpha value is -1.26. The van der Waals surface area contributed by atoms with E-state index in [1.54, 1.807) is 21.0 Å². The molecule has 3 N–H and O–H groups in total. The fourth-order valence-corrected chi connectivity index (χ4v) is 12.4. The molecule has 3 saturated heterocycles. The number of fused-ring (bicyclic) bond motifs is 2. The SMILES string of the molecule is CC[C@@H](C)C(=O)O[C@@H]1[C@@H](O)[C@]2(C)[C@H](C(C)=O)CC[C@@]23O[C@]32CC[C@H]3C[C@@H](O[C@H]4C[C@@H](OC)[C@H](O[C@@H]5O[C@H](C)[C@@H](O)[C@@H](OC)[C@H]5O)[C@@H](C)O4)CC[C@]3(C)[C@@H]12. The van der Waals surface area contributed by atoms with Crippen molar-refractivity contribution in [1.82, 2.24) is 0 Å². The maximum absolute atomic E-state index is 13.5. The van der Waals surface area contributed by atoms with Gasteiger partial charge in [0.15, 0.2) is 12.6 Å². The first kappa shape index (κ1) is 40.0. The Morgan fingerprint density at radius 2 is 1.60 bits per heavy atom. The molecule has 2 spiro atoms. The van der Waals surface area contributed by atoms with E-state index in [1.165, 1.54) is 7.11 Å². The van der Waals surface area contributed by atoms with Gasteiger partial charge in [-0.3, -0.25) is 9.59 Å². The fourth-order valence-electron chi connectivity index (χ4n) is 12.4. The van der Waals surface area contributed by atoms with Crippen LogP contribution in [0.2, 0.25) is 0 Å². The molecule has 53 heavy (non-hydrogen) atoms. The molecule has 20 atom stereocenters. The van der Waals surface area contributed by atoms with Gasteiger partial charge in [-0.15, -0.1) is 0 Å². The lowest BCUT2D eigenvalue weighted by Gasteiger charge is -2.61. The van der Waals surface area contributed by atoms with Gasteiger partial charge in [0.1, 0.15) is 53.6 Å². The van der Waals surface area contributed by atoms with Gasteiger partial charge in [-0.25, -0.2) is 0 Å². The van der Waals surface area contributed by atoms with Crippen molar-refractivity contribution in [2.75, 3.05) is 14.2 Å². The molecule has 7 fully saturated rings. The molecule has 0 unspecified atom stereocenters. The fraction of sp³-hybridized carbons (Fsp3) is 0.950. The number of carbonyl (C=O) groups excluding carboxylic acids is 2. The molecule has 4 saturated carbocycles. The third-order valence-corrected chi connectivity index (χ3v) is 15.6. The predicted octanol–water partition coefficient (Wildman–Crippen LogP) is 3.45. The molecular formula is C40H64O13. The van der Waals surface area contributed by atoms with E-state index >= 15 is 0 Å². The molecular weight excluding hydrogens is 688 g/mol. The van der Waals surface area contributed by atoms with Crippen LogP contribution in [0.25, 0.3) is 0 Å². The summed E-state index contributed by atoms with van der Waals surface area (Å²) in [7, 11) is 3.05. The number of ether oxygens (including phenoxy) is 8. The normalized spacial score (nSPS) is 53.8. The molecule has 0 bridgehead atoms. The molecule has 7 rings (SSSR count). The van der Waals surface area contributed by atoms with Gasteiger partial charge in [0.2, 0.25) is 0 Å². The van der Waals surface area contributed by atoms with E-state index in [2.05, 4.69) is 6.92 Å². The standard InChI is InChI=1S/C40H64O13/c1-10-19(2)35(45)51-32-33-37(6)14-12-24(17-23(37)11-15-39(33)40(53-39)16-13-25(20(3)41)38(40,7)34(32)44)50-27-18-26(46-8)30(22(5)48-27)52-36-29(43)31(47-9)28(42)21(4)49-36/h19,21-34,36,42-44H,10-18H2,1-9H3/t19-,21-,22-,23+,24+,25+,26-,27+,28-,29-,30-,31-,32+,33-,34-,36+,37+,38+,39+,40-/m1/s1. The van der Waals surface area contributed by atoms with Gasteiger partial charge in [0, 0.05) is 37.9 Å². The number of epoxide rings is 1. The highest BCUT2D eigenvalue weighted by molar-refractivity contribution is 5.80. The lowest BCUT2D eigenvalue weighted by Crippen LogP contribution is -2.70. The molecule has 3 heterocycles. The van der Waals surface area contributed by atoms with Crippen molar-refractivity contribution in [2.45, 2.75) is 191 Å². The average molecular weight is 753 g/mol. The van der Waals surface area contributed by atoms with Crippen molar-refractivity contribution < 1.29 is 62.8 Å². The molecule has 0 aromatic rings. The Balaban J connectivity index is 1.06. The first-order valence-electron chi connectivity index (χ1n) is 20.2. The van der Waals surface area contributed by atoms with Crippen LogP contribution >= 0.6 is 0 Å². The second-order valence-corrected chi connectivity index (χ2v) is 18.0. The summed E-state index contributed by atoms with van der Waals surface area (Å²) in [6.45, 7) is 13.3. The van der Waals surface area contributed by atoms with Crippen LogP contribution < -0.4 is 0 Å². The number of hydrogen-bond donors (Lipinski definition) is 3. The van der Waals surface area contributed by atoms with Gasteiger partial charge in [-0.2, -0.15) is 0 Å². The van der Waals surface area contributed by atoms with Gasteiger partial charge < -0.3 is 53.2 Å². The van der Waals surface area contributed by atoms with Crippen molar-refractivity contribution in [2.24, 2.45) is 34.5 Å². The zero-order chi connectivity index (χ0) is 38.4. The molecule has 0 aromatic carbocycles. The predicted molar refractivity (Wildman–Crippen MR) is 188 cm³/mol. The molecule has 0 aromatic heterocycles. The van der Waals surface area contributed by atoms with E-state index in [0.717, 1.165) is 38.5 Å². The van der Waals surface area contributed by atoms with Gasteiger partial charge >= 0.3 is 5.97 Å². The zero-order valence-electron chi connectivity index (χ0n) is 33.0. The van der Waals surface area contributed by atoms with Crippen LogP contribution in [0.15, 0.2) is 0 Å². The summed E-state index contributed by atoms with van der Waals surface area (Å²) in [5.41, 5.74) is -2.29. The maximum atomic E-state index is 13.5. The van der Waals surface area contributed by atoms with E-state index in [-0.39, 0.29) is 46.9 Å². The van der Waals surface area contributed by atoms with E-state index in [0.29, 0.717) is 19.3 Å². The number of ketones is 1. The van der Waals surface area contributed by atoms with Crippen molar-refractivity contribution in [3.63, 3.8) is 0 Å². The highest BCUT2D eigenvalue weighted by atomic mass is 16.7. The third-order valence-electron chi connectivity index (χ3n) is 15.6. The maximum Gasteiger partial charge on any atom is 0.309 e. The summed E-state index contributed by atoms with van der Waals surface area (Å²) in [6.07, 6.45) is -2.05. The number of Topliss-reactive ketones (excluding diaryl/α,β-unsaturated/α-hetero) is 1. The summed E-state index contributed by atoms with van der Waals surface area (Å²) < 4.78 is 49.8. The Kier molecular flexibility index (Phi) is 10.8. The minimum atomic E-state index is -1.20. The van der Waals surface area contributed by atoms with Gasteiger partial charge in [-0.05, 0) is 83.5 Å².